The molecule has 0 spiro atoms. The molecule has 0 N–H and O–H groups in total. The van der Waals surface area contributed by atoms with Crippen molar-refractivity contribution < 1.29 is 4.39 Å². The summed E-state index contributed by atoms with van der Waals surface area (Å²) in [6.45, 7) is 5.60. The highest BCUT2D eigenvalue weighted by molar-refractivity contribution is 5.79. The highest BCUT2D eigenvalue weighted by Crippen LogP contribution is 2.23. The summed E-state index contributed by atoms with van der Waals surface area (Å²) in [4.78, 5) is 24.3. The average molecular weight is 421 g/mol. The molecule has 0 atom stereocenters. The Hall–Kier alpha value is -3.20. The van der Waals surface area contributed by atoms with Crippen molar-refractivity contribution in [2.24, 2.45) is 0 Å². The lowest BCUT2D eigenvalue weighted by Crippen LogP contribution is -2.39. The highest BCUT2D eigenvalue weighted by Gasteiger charge is 2.22. The van der Waals surface area contributed by atoms with Crippen molar-refractivity contribution in [2.75, 3.05) is 26.3 Å². The number of likely N-dealkylation sites (tertiary alicyclic amines) is 1. The Morgan fingerprint density at radius 2 is 1.94 bits per heavy atom. The molecule has 0 aromatic carbocycles. The van der Waals surface area contributed by atoms with Gasteiger partial charge in [0, 0.05) is 19.6 Å². The third-order valence-corrected chi connectivity index (χ3v) is 5.96. The van der Waals surface area contributed by atoms with E-state index < -0.39 is 0 Å². The summed E-state index contributed by atoms with van der Waals surface area (Å²) in [6, 6.07) is 5.62. The van der Waals surface area contributed by atoms with Gasteiger partial charge in [-0.05, 0) is 50.5 Å². The maximum Gasteiger partial charge on any atom is 0.276 e. The molecule has 8 nitrogen and oxygen atoms in total. The van der Waals surface area contributed by atoms with Crippen molar-refractivity contribution >= 4 is 16.6 Å². The molecular weight excluding hydrogens is 397 g/mol. The molecule has 0 amide bonds. The predicted octanol–water partition coefficient (Wildman–Crippen LogP) is 2.72. The monoisotopic (exact) mass is 421 g/mol. The van der Waals surface area contributed by atoms with E-state index in [2.05, 4.69) is 25.1 Å². The van der Waals surface area contributed by atoms with E-state index in [0.717, 1.165) is 42.8 Å². The third-order valence-electron chi connectivity index (χ3n) is 5.96. The first-order valence-electron chi connectivity index (χ1n) is 10.5. The van der Waals surface area contributed by atoms with E-state index in [0.29, 0.717) is 28.8 Å². The van der Waals surface area contributed by atoms with Crippen molar-refractivity contribution in [1.29, 1.82) is 0 Å². The molecule has 0 unspecified atom stereocenters. The van der Waals surface area contributed by atoms with Gasteiger partial charge in [0.25, 0.3) is 5.56 Å². The number of halogens is 1. The van der Waals surface area contributed by atoms with Gasteiger partial charge in [-0.25, -0.2) is 23.6 Å². The number of aromatic nitrogens is 6. The summed E-state index contributed by atoms with van der Waals surface area (Å²) < 4.78 is 15.9. The van der Waals surface area contributed by atoms with Crippen LogP contribution < -0.4 is 5.56 Å². The first-order chi connectivity index (χ1) is 15.0. The van der Waals surface area contributed by atoms with E-state index in [9.17, 15) is 9.18 Å². The molecule has 0 saturated carbocycles. The largest absolute Gasteiger partial charge is 0.301 e. The minimum atomic E-state index is -0.339. The lowest BCUT2D eigenvalue weighted by molar-refractivity contribution is 0.167. The van der Waals surface area contributed by atoms with Crippen molar-refractivity contribution in [3.05, 3.63) is 52.2 Å². The SMILES string of the molecule is Cc1cn2nc(-c3ccc4c(=O)n(C5CCN(CCF)CC5)ncc4n3)cc(C)c2n1. The van der Waals surface area contributed by atoms with Gasteiger partial charge in [-0.15, -0.1) is 0 Å². The van der Waals surface area contributed by atoms with Gasteiger partial charge in [0.1, 0.15) is 12.4 Å². The molecule has 1 saturated heterocycles. The van der Waals surface area contributed by atoms with E-state index in [1.165, 1.54) is 0 Å². The van der Waals surface area contributed by atoms with Crippen LogP contribution in [-0.4, -0.2) is 60.6 Å². The van der Waals surface area contributed by atoms with Crippen molar-refractivity contribution in [2.45, 2.75) is 32.7 Å². The van der Waals surface area contributed by atoms with Crippen LogP contribution in [0.4, 0.5) is 4.39 Å². The Bertz CT molecular complexity index is 1320. The van der Waals surface area contributed by atoms with E-state index in [1.54, 1.807) is 21.5 Å². The lowest BCUT2D eigenvalue weighted by atomic mass is 10.1. The van der Waals surface area contributed by atoms with E-state index in [4.69, 9.17) is 0 Å². The molecule has 1 aliphatic rings. The highest BCUT2D eigenvalue weighted by atomic mass is 19.1. The number of pyridine rings is 1. The molecule has 5 rings (SSSR count). The second kappa shape index (κ2) is 7.81. The van der Waals surface area contributed by atoms with E-state index in [-0.39, 0.29) is 18.3 Å². The van der Waals surface area contributed by atoms with Gasteiger partial charge in [-0.1, -0.05) is 0 Å². The maximum atomic E-state index is 13.1. The second-order valence-corrected chi connectivity index (χ2v) is 8.15. The van der Waals surface area contributed by atoms with E-state index in [1.807, 2.05) is 32.2 Å². The molecular formula is C22H24FN7O. The number of fused-ring (bicyclic) bond motifs is 2. The summed E-state index contributed by atoms with van der Waals surface area (Å²) in [5.74, 6) is 0. The Morgan fingerprint density at radius 3 is 2.71 bits per heavy atom. The lowest BCUT2D eigenvalue weighted by Gasteiger charge is -2.31. The molecule has 9 heteroatoms. The Kier molecular flexibility index (Phi) is 4.97. The molecule has 4 aromatic rings. The topological polar surface area (TPSA) is 81.2 Å². The Morgan fingerprint density at radius 1 is 1.13 bits per heavy atom. The minimum Gasteiger partial charge on any atom is -0.301 e. The summed E-state index contributed by atoms with van der Waals surface area (Å²) in [5.41, 5.74) is 4.55. The number of hydrogen-bond acceptors (Lipinski definition) is 6. The van der Waals surface area contributed by atoms with Gasteiger partial charge in [-0.3, -0.25) is 4.79 Å². The standard InChI is InChI=1S/C22H24FN7O/c1-14-11-19(27-29-13-15(2)25-21(14)29)18-4-3-17-20(26-18)12-24-30(22(17)31)16-5-8-28(9-6-16)10-7-23/h3-4,11-13,16H,5-10H2,1-2H3. The number of piperidine rings is 1. The normalized spacial score (nSPS) is 15.8. The molecule has 5 heterocycles. The second-order valence-electron chi connectivity index (χ2n) is 8.15. The molecule has 0 radical (unpaired) electrons. The smallest absolute Gasteiger partial charge is 0.276 e. The molecule has 0 aliphatic carbocycles. The van der Waals surface area contributed by atoms with Gasteiger partial charge in [0.2, 0.25) is 0 Å². The van der Waals surface area contributed by atoms with Gasteiger partial charge >= 0.3 is 0 Å². The quantitative estimate of drug-likeness (QED) is 0.504. The zero-order chi connectivity index (χ0) is 21.5. The van der Waals surface area contributed by atoms with Crippen LogP contribution in [0.25, 0.3) is 27.9 Å². The molecule has 1 aliphatic heterocycles. The van der Waals surface area contributed by atoms with Crippen LogP contribution >= 0.6 is 0 Å². The Balaban J connectivity index is 1.48. The van der Waals surface area contributed by atoms with Crippen molar-refractivity contribution in [3.8, 4) is 11.4 Å². The van der Waals surface area contributed by atoms with Crippen LogP contribution in [0.3, 0.4) is 0 Å². The number of alkyl halides is 1. The van der Waals surface area contributed by atoms with Crippen LogP contribution in [0.1, 0.15) is 30.1 Å². The number of hydrogen-bond donors (Lipinski definition) is 0. The number of imidazole rings is 1. The molecule has 4 aromatic heterocycles. The van der Waals surface area contributed by atoms with Gasteiger partial charge in [0.15, 0.2) is 5.65 Å². The van der Waals surface area contributed by atoms with Crippen molar-refractivity contribution in [3.63, 3.8) is 0 Å². The minimum absolute atomic E-state index is 0.0311. The molecule has 160 valence electrons. The fourth-order valence-corrected chi connectivity index (χ4v) is 4.33. The average Bonchev–Trinajstić information content (AvgIpc) is 3.16. The van der Waals surface area contributed by atoms with Gasteiger partial charge in [0.05, 0.1) is 40.7 Å². The molecule has 0 bridgehead atoms. The van der Waals surface area contributed by atoms with Crippen LogP contribution in [0.15, 0.2) is 35.4 Å². The molecule has 31 heavy (non-hydrogen) atoms. The fraction of sp³-hybridized carbons (Fsp3) is 0.409. The van der Waals surface area contributed by atoms with Crippen molar-refractivity contribution in [1.82, 2.24) is 34.3 Å². The van der Waals surface area contributed by atoms with Crippen LogP contribution in [0, 0.1) is 13.8 Å². The number of aryl methyl sites for hydroxylation is 2. The van der Waals surface area contributed by atoms with Crippen LogP contribution in [0.2, 0.25) is 0 Å². The molecule has 1 fully saturated rings. The first-order valence-corrected chi connectivity index (χ1v) is 10.5. The number of nitrogens with zero attached hydrogens (tertiary/aromatic N) is 7. The maximum absolute atomic E-state index is 13.1. The van der Waals surface area contributed by atoms with Crippen LogP contribution in [-0.2, 0) is 0 Å². The summed E-state index contributed by atoms with van der Waals surface area (Å²) in [6.07, 6.45) is 5.11. The van der Waals surface area contributed by atoms with E-state index >= 15 is 0 Å². The summed E-state index contributed by atoms with van der Waals surface area (Å²) in [7, 11) is 0. The third kappa shape index (κ3) is 3.59. The van der Waals surface area contributed by atoms with Gasteiger partial charge in [-0.2, -0.15) is 10.2 Å². The Labute approximate surface area is 178 Å². The summed E-state index contributed by atoms with van der Waals surface area (Å²) >= 11 is 0. The fourth-order valence-electron chi connectivity index (χ4n) is 4.33. The van der Waals surface area contributed by atoms with Gasteiger partial charge < -0.3 is 4.90 Å². The zero-order valence-corrected chi connectivity index (χ0v) is 17.6. The first kappa shape index (κ1) is 19.7. The van der Waals surface area contributed by atoms with Crippen LogP contribution in [0.5, 0.6) is 0 Å². The predicted molar refractivity (Wildman–Crippen MR) is 116 cm³/mol. The summed E-state index contributed by atoms with van der Waals surface area (Å²) in [5, 5.41) is 9.59. The number of rotatable bonds is 4. The zero-order valence-electron chi connectivity index (χ0n) is 17.6.